The van der Waals surface area contributed by atoms with Gasteiger partial charge in [0.2, 0.25) is 0 Å². The summed E-state index contributed by atoms with van der Waals surface area (Å²) in [5.74, 6) is 0.575. The second kappa shape index (κ2) is 5.86. The maximum Gasteiger partial charge on any atom is 0.188 e. The molecule has 19 heavy (non-hydrogen) atoms. The molecule has 5 heteroatoms. The van der Waals surface area contributed by atoms with Crippen molar-refractivity contribution in [1.29, 1.82) is 0 Å². The van der Waals surface area contributed by atoms with Crippen molar-refractivity contribution < 1.29 is 9.94 Å². The molecular formula is C14H15N3O2. The summed E-state index contributed by atoms with van der Waals surface area (Å²) in [6, 6.07) is 13.2. The third-order valence-electron chi connectivity index (χ3n) is 2.68. The summed E-state index contributed by atoms with van der Waals surface area (Å²) < 4.78 is 5.80. The Morgan fingerprint density at radius 3 is 2.74 bits per heavy atom. The van der Waals surface area contributed by atoms with Crippen LogP contribution >= 0.6 is 0 Å². The van der Waals surface area contributed by atoms with Gasteiger partial charge in [0.15, 0.2) is 5.84 Å². The van der Waals surface area contributed by atoms with Gasteiger partial charge in [-0.05, 0) is 18.6 Å². The largest absolute Gasteiger partial charge is 0.486 e. The van der Waals surface area contributed by atoms with Crippen molar-refractivity contribution in [3.05, 3.63) is 59.9 Å². The maximum atomic E-state index is 8.62. The highest BCUT2D eigenvalue weighted by Gasteiger charge is 2.08. The first kappa shape index (κ1) is 12.9. The zero-order valence-corrected chi connectivity index (χ0v) is 10.5. The van der Waals surface area contributed by atoms with Crippen LogP contribution in [0.4, 0.5) is 0 Å². The maximum absolute atomic E-state index is 8.62. The molecule has 1 aromatic heterocycles. The lowest BCUT2D eigenvalue weighted by molar-refractivity contribution is 0.226. The molecule has 2 rings (SSSR count). The zero-order chi connectivity index (χ0) is 13.7. The zero-order valence-electron chi connectivity index (χ0n) is 10.5. The lowest BCUT2D eigenvalue weighted by Gasteiger charge is -2.15. The van der Waals surface area contributed by atoms with Crippen LogP contribution < -0.4 is 10.5 Å². The second-order valence-corrected chi connectivity index (χ2v) is 4.03. The first-order chi connectivity index (χ1) is 9.20. The van der Waals surface area contributed by atoms with E-state index in [-0.39, 0.29) is 11.9 Å². The lowest BCUT2D eigenvalue weighted by atomic mass is 10.1. The van der Waals surface area contributed by atoms with E-state index in [1.807, 2.05) is 37.3 Å². The van der Waals surface area contributed by atoms with Gasteiger partial charge in [0.25, 0.3) is 0 Å². The Hall–Kier alpha value is -2.56. The minimum absolute atomic E-state index is 0.0437. The first-order valence-electron chi connectivity index (χ1n) is 5.86. The van der Waals surface area contributed by atoms with Gasteiger partial charge in [-0.3, -0.25) is 4.98 Å². The fraction of sp³-hybridized carbons (Fsp3) is 0.143. The van der Waals surface area contributed by atoms with E-state index in [1.165, 1.54) is 0 Å². The van der Waals surface area contributed by atoms with E-state index < -0.39 is 0 Å². The predicted octanol–water partition coefficient (Wildman–Crippen LogP) is 2.32. The van der Waals surface area contributed by atoms with Crippen molar-refractivity contribution in [3.8, 4) is 5.75 Å². The van der Waals surface area contributed by atoms with E-state index in [4.69, 9.17) is 15.7 Å². The molecule has 98 valence electrons. The van der Waals surface area contributed by atoms with Gasteiger partial charge in [-0.1, -0.05) is 35.5 Å². The number of rotatable bonds is 4. The summed E-state index contributed by atoms with van der Waals surface area (Å²) in [4.78, 5) is 3.99. The quantitative estimate of drug-likeness (QED) is 0.381. The van der Waals surface area contributed by atoms with Gasteiger partial charge < -0.3 is 15.7 Å². The van der Waals surface area contributed by atoms with E-state index in [2.05, 4.69) is 10.1 Å². The number of nitrogens with two attached hydrogens (primary N) is 1. The fourth-order valence-electron chi connectivity index (χ4n) is 1.67. The summed E-state index contributed by atoms with van der Waals surface area (Å²) in [6.45, 7) is 1.96. The summed E-state index contributed by atoms with van der Waals surface area (Å²) in [5, 5.41) is 11.5. The van der Waals surface area contributed by atoms with Crippen molar-refractivity contribution in [1.82, 2.24) is 4.98 Å². The van der Waals surface area contributed by atoms with Crippen LogP contribution in [-0.4, -0.2) is 16.0 Å². The normalized spacial score (nSPS) is 13.0. The van der Waals surface area contributed by atoms with Crippen molar-refractivity contribution in [2.75, 3.05) is 0 Å². The predicted molar refractivity (Wildman–Crippen MR) is 72.2 cm³/mol. The number of hydrogen-bond acceptors (Lipinski definition) is 4. The molecule has 0 bridgehead atoms. The number of amidine groups is 1. The summed E-state index contributed by atoms with van der Waals surface area (Å²) in [6.07, 6.45) is 1.46. The average molecular weight is 257 g/mol. The van der Waals surface area contributed by atoms with E-state index in [1.54, 1.807) is 18.3 Å². The summed E-state index contributed by atoms with van der Waals surface area (Å²) >= 11 is 0. The first-order valence-corrected chi connectivity index (χ1v) is 5.86. The van der Waals surface area contributed by atoms with Crippen LogP contribution in [0.25, 0.3) is 0 Å². The van der Waals surface area contributed by atoms with Crippen LogP contribution in [0.2, 0.25) is 0 Å². The van der Waals surface area contributed by atoms with Crippen LogP contribution in [0, 0.1) is 0 Å². The molecule has 0 aliphatic heterocycles. The minimum atomic E-state index is -0.0938. The number of benzene rings is 1. The molecule has 5 nitrogen and oxygen atoms in total. The molecule has 0 saturated heterocycles. The second-order valence-electron chi connectivity index (χ2n) is 4.03. The summed E-state index contributed by atoms with van der Waals surface area (Å²) in [5.41, 5.74) is 6.94. The Labute approximate surface area is 111 Å². The number of aromatic nitrogens is 1. The highest BCUT2D eigenvalue weighted by atomic mass is 16.5. The standard InChI is InChI=1S/C14H15N3O2/c1-10(11-5-3-2-4-6-11)19-12-7-8-16-13(9-12)14(15)17-18/h2-10,18H,1H3,(H2,15,17). The van der Waals surface area contributed by atoms with Crippen LogP contribution in [0.1, 0.15) is 24.3 Å². The Morgan fingerprint density at radius 1 is 1.32 bits per heavy atom. The third-order valence-corrected chi connectivity index (χ3v) is 2.68. The Balaban J connectivity index is 2.16. The monoisotopic (exact) mass is 257 g/mol. The van der Waals surface area contributed by atoms with Crippen molar-refractivity contribution in [3.63, 3.8) is 0 Å². The van der Waals surface area contributed by atoms with E-state index in [9.17, 15) is 0 Å². The van der Waals surface area contributed by atoms with Gasteiger partial charge in [-0.2, -0.15) is 0 Å². The molecule has 0 fully saturated rings. The minimum Gasteiger partial charge on any atom is -0.486 e. The number of pyridine rings is 1. The third kappa shape index (κ3) is 3.22. The van der Waals surface area contributed by atoms with Crippen LogP contribution in [0.3, 0.4) is 0 Å². The number of ether oxygens (including phenoxy) is 1. The topological polar surface area (TPSA) is 80.7 Å². The van der Waals surface area contributed by atoms with Gasteiger partial charge >= 0.3 is 0 Å². The Morgan fingerprint density at radius 2 is 2.05 bits per heavy atom. The van der Waals surface area contributed by atoms with Gasteiger partial charge in [0, 0.05) is 12.3 Å². The highest BCUT2D eigenvalue weighted by Crippen LogP contribution is 2.21. The molecular weight excluding hydrogens is 242 g/mol. The van der Waals surface area contributed by atoms with E-state index in [0.29, 0.717) is 11.4 Å². The molecule has 0 amide bonds. The van der Waals surface area contributed by atoms with Crippen molar-refractivity contribution in [2.24, 2.45) is 10.9 Å². The van der Waals surface area contributed by atoms with Gasteiger partial charge in [-0.25, -0.2) is 0 Å². The van der Waals surface area contributed by atoms with E-state index in [0.717, 1.165) is 5.56 Å². The molecule has 1 unspecified atom stereocenters. The van der Waals surface area contributed by atoms with Gasteiger partial charge in [-0.15, -0.1) is 0 Å². The molecule has 1 atom stereocenters. The molecule has 0 saturated carbocycles. The molecule has 0 aliphatic carbocycles. The molecule has 0 spiro atoms. The van der Waals surface area contributed by atoms with Gasteiger partial charge in [0.1, 0.15) is 17.5 Å². The van der Waals surface area contributed by atoms with Crippen molar-refractivity contribution in [2.45, 2.75) is 13.0 Å². The lowest BCUT2D eigenvalue weighted by Crippen LogP contribution is -2.15. The Bertz CT molecular complexity index is 570. The molecule has 1 aromatic carbocycles. The van der Waals surface area contributed by atoms with Crippen LogP contribution in [0.15, 0.2) is 53.8 Å². The molecule has 2 aromatic rings. The smallest absolute Gasteiger partial charge is 0.188 e. The van der Waals surface area contributed by atoms with Gasteiger partial charge in [0.05, 0.1) is 0 Å². The molecule has 1 heterocycles. The van der Waals surface area contributed by atoms with Crippen LogP contribution in [-0.2, 0) is 0 Å². The molecule has 0 radical (unpaired) electrons. The highest BCUT2D eigenvalue weighted by molar-refractivity contribution is 5.95. The fourth-order valence-corrected chi connectivity index (χ4v) is 1.67. The van der Waals surface area contributed by atoms with E-state index >= 15 is 0 Å². The number of nitrogens with zero attached hydrogens (tertiary/aromatic N) is 2. The number of oxime groups is 1. The average Bonchev–Trinajstić information content (AvgIpc) is 2.47. The number of hydrogen-bond donors (Lipinski definition) is 2. The van der Waals surface area contributed by atoms with Crippen LogP contribution in [0.5, 0.6) is 5.75 Å². The SMILES string of the molecule is CC(Oc1ccnc(C(N)=NO)c1)c1ccccc1. The summed E-state index contributed by atoms with van der Waals surface area (Å²) in [7, 11) is 0. The molecule has 0 aliphatic rings. The molecule has 3 N–H and O–H groups in total. The van der Waals surface area contributed by atoms with Crippen molar-refractivity contribution >= 4 is 5.84 Å². The Kier molecular flexibility index (Phi) is 3.97.